The molecule has 0 aliphatic heterocycles. The Kier molecular flexibility index (Phi) is 8.42. The summed E-state index contributed by atoms with van der Waals surface area (Å²) in [4.78, 5) is 15.5. The van der Waals surface area contributed by atoms with Gasteiger partial charge in [0.25, 0.3) is 0 Å². The molecule has 0 N–H and O–H groups in total. The molecule has 0 fully saturated rings. The van der Waals surface area contributed by atoms with E-state index >= 15 is 0 Å². The Morgan fingerprint density at radius 2 is 0.613 bits per heavy atom. The summed E-state index contributed by atoms with van der Waals surface area (Å²) in [6, 6.07) is 79.2. The number of hydrogen-bond donors (Lipinski definition) is 0. The maximum Gasteiger partial charge on any atom is 0.164 e. The lowest BCUT2D eigenvalue weighted by molar-refractivity contribution is 1.07. The number of rotatable bonds is 7. The third kappa shape index (κ3) is 5.98. The van der Waals surface area contributed by atoms with Gasteiger partial charge < -0.3 is 9.13 Å². The fraction of sp³-hybridized carbons (Fsp3) is 0. The van der Waals surface area contributed by atoms with Gasteiger partial charge in [-0.25, -0.2) is 15.0 Å². The molecule has 0 saturated carbocycles. The normalized spacial score (nSPS) is 11.5. The van der Waals surface area contributed by atoms with Gasteiger partial charge in [-0.1, -0.05) is 164 Å². The first kappa shape index (κ1) is 35.5. The fourth-order valence-corrected chi connectivity index (χ4v) is 9.07. The van der Waals surface area contributed by atoms with Crippen LogP contribution in [0.3, 0.4) is 0 Å². The summed E-state index contributed by atoms with van der Waals surface area (Å²) in [5.41, 5.74) is 14.1. The van der Waals surface area contributed by atoms with Crippen LogP contribution in [0, 0.1) is 0 Å². The van der Waals surface area contributed by atoms with Crippen LogP contribution in [-0.2, 0) is 0 Å². The van der Waals surface area contributed by atoms with Crippen LogP contribution in [0.1, 0.15) is 0 Å². The van der Waals surface area contributed by atoms with Gasteiger partial charge in [-0.15, -0.1) is 0 Å². The number of hydrogen-bond acceptors (Lipinski definition) is 3. The minimum atomic E-state index is 0.612. The predicted octanol–water partition coefficient (Wildman–Crippen LogP) is 14.4. The number of aromatic nitrogens is 5. The second-order valence-corrected chi connectivity index (χ2v) is 15.6. The van der Waals surface area contributed by atoms with Gasteiger partial charge >= 0.3 is 0 Å². The maximum absolute atomic E-state index is 5.19. The Bertz CT molecular complexity index is 3510. The molecule has 0 aliphatic carbocycles. The molecule has 290 valence electrons. The van der Waals surface area contributed by atoms with Crippen molar-refractivity contribution in [3.63, 3.8) is 0 Å². The molecular weight excluding hydrogens is 755 g/mol. The molecule has 9 aromatic carbocycles. The molecule has 0 amide bonds. The lowest BCUT2D eigenvalue weighted by atomic mass is 10.0. The second-order valence-electron chi connectivity index (χ2n) is 15.6. The predicted molar refractivity (Wildman–Crippen MR) is 256 cm³/mol. The summed E-state index contributed by atoms with van der Waals surface area (Å²) in [5, 5.41) is 4.86. The summed E-state index contributed by atoms with van der Waals surface area (Å²) in [5.74, 6) is 1.85. The van der Waals surface area contributed by atoms with Crippen molar-refractivity contribution in [2.75, 3.05) is 0 Å². The number of fused-ring (bicyclic) bond motifs is 7. The Morgan fingerprint density at radius 1 is 0.242 bits per heavy atom. The Morgan fingerprint density at radius 3 is 1.10 bits per heavy atom. The van der Waals surface area contributed by atoms with Crippen LogP contribution in [0.4, 0.5) is 0 Å². The molecule has 0 atom stereocenters. The van der Waals surface area contributed by atoms with Crippen LogP contribution in [0.2, 0.25) is 0 Å². The molecule has 12 rings (SSSR count). The molecule has 5 nitrogen and oxygen atoms in total. The summed E-state index contributed by atoms with van der Waals surface area (Å²) >= 11 is 0. The van der Waals surface area contributed by atoms with Crippen molar-refractivity contribution in [2.24, 2.45) is 0 Å². The molecule has 0 unspecified atom stereocenters. The van der Waals surface area contributed by atoms with E-state index in [1.54, 1.807) is 0 Å². The molecule has 0 spiro atoms. The van der Waals surface area contributed by atoms with E-state index in [9.17, 15) is 0 Å². The lowest BCUT2D eigenvalue weighted by Gasteiger charge is -2.13. The maximum atomic E-state index is 5.19. The number of benzene rings is 9. The Hall–Kier alpha value is -8.41. The van der Waals surface area contributed by atoms with Gasteiger partial charge in [-0.3, -0.25) is 0 Å². The average Bonchev–Trinajstić information content (AvgIpc) is 3.88. The highest BCUT2D eigenvalue weighted by Crippen LogP contribution is 2.42. The van der Waals surface area contributed by atoms with Crippen LogP contribution in [0.5, 0.6) is 0 Å². The van der Waals surface area contributed by atoms with E-state index in [1.807, 2.05) is 12.1 Å². The van der Waals surface area contributed by atoms with E-state index in [0.29, 0.717) is 17.5 Å². The van der Waals surface area contributed by atoms with Gasteiger partial charge in [0.05, 0.1) is 22.1 Å². The quantitative estimate of drug-likeness (QED) is 0.162. The van der Waals surface area contributed by atoms with E-state index in [1.165, 1.54) is 32.6 Å². The minimum Gasteiger partial charge on any atom is -0.307 e. The first-order valence-electron chi connectivity index (χ1n) is 20.9. The van der Waals surface area contributed by atoms with E-state index in [4.69, 9.17) is 15.0 Å². The van der Waals surface area contributed by atoms with Crippen LogP contribution in [-0.4, -0.2) is 24.1 Å². The van der Waals surface area contributed by atoms with E-state index < -0.39 is 0 Å². The summed E-state index contributed by atoms with van der Waals surface area (Å²) in [6.07, 6.45) is 0. The van der Waals surface area contributed by atoms with Crippen molar-refractivity contribution in [2.45, 2.75) is 0 Å². The van der Waals surface area contributed by atoms with Crippen molar-refractivity contribution in [3.05, 3.63) is 224 Å². The standard InChI is InChI=1S/C57H37N5/c1-4-16-38(17-5-1)41-20-14-22-43(36-41)56-58-55(59-57(60-56)44-23-15-21-42(37-44)39-18-6-2-7-19-39)40-30-32-46(33-31-40)62-52-29-13-11-27-48(52)50-35-34-49-47-26-10-12-28-51(47)61(53(49)54(50)62)45-24-8-3-9-25-45/h1-37H. The third-order valence-electron chi connectivity index (χ3n) is 12.0. The molecule has 0 radical (unpaired) electrons. The largest absolute Gasteiger partial charge is 0.307 e. The van der Waals surface area contributed by atoms with Gasteiger partial charge in [-0.05, 0) is 82.9 Å². The van der Waals surface area contributed by atoms with Gasteiger partial charge in [0.1, 0.15) is 0 Å². The summed E-state index contributed by atoms with van der Waals surface area (Å²) in [6.45, 7) is 0. The van der Waals surface area contributed by atoms with Crippen molar-refractivity contribution >= 4 is 43.6 Å². The first-order chi connectivity index (χ1) is 30.7. The van der Waals surface area contributed by atoms with Gasteiger partial charge in [0, 0.05) is 49.6 Å². The highest BCUT2D eigenvalue weighted by Gasteiger charge is 2.21. The van der Waals surface area contributed by atoms with Crippen molar-refractivity contribution in [1.82, 2.24) is 24.1 Å². The van der Waals surface area contributed by atoms with E-state index in [0.717, 1.165) is 61.4 Å². The molecular formula is C57H37N5. The highest BCUT2D eigenvalue weighted by molar-refractivity contribution is 6.23. The second kappa shape index (κ2) is 14.7. The highest BCUT2D eigenvalue weighted by atomic mass is 15.1. The van der Waals surface area contributed by atoms with Gasteiger partial charge in [0.2, 0.25) is 0 Å². The lowest BCUT2D eigenvalue weighted by Crippen LogP contribution is -2.01. The molecule has 0 bridgehead atoms. The van der Waals surface area contributed by atoms with Crippen LogP contribution >= 0.6 is 0 Å². The van der Waals surface area contributed by atoms with Crippen LogP contribution < -0.4 is 0 Å². The SMILES string of the molecule is c1ccc(-c2cccc(-c3nc(-c4ccc(-n5c6ccccc6c6ccc7c8ccccc8n(-c8ccccc8)c7c65)cc4)nc(-c4cccc(-c5ccccc5)c4)n3)c2)cc1. The van der Waals surface area contributed by atoms with Crippen LogP contribution in [0.25, 0.3) is 111 Å². The molecule has 12 aromatic rings. The van der Waals surface area contributed by atoms with Crippen LogP contribution in [0.15, 0.2) is 224 Å². The van der Waals surface area contributed by atoms with Gasteiger partial charge in [-0.2, -0.15) is 0 Å². The minimum absolute atomic E-state index is 0.612. The van der Waals surface area contributed by atoms with Gasteiger partial charge in [0.15, 0.2) is 17.5 Å². The zero-order chi connectivity index (χ0) is 41.0. The molecule has 5 heteroatoms. The molecule has 0 aliphatic rings. The molecule has 3 heterocycles. The smallest absolute Gasteiger partial charge is 0.164 e. The van der Waals surface area contributed by atoms with E-state index in [-0.39, 0.29) is 0 Å². The summed E-state index contributed by atoms with van der Waals surface area (Å²) < 4.78 is 4.84. The van der Waals surface area contributed by atoms with Crippen molar-refractivity contribution < 1.29 is 0 Å². The summed E-state index contributed by atoms with van der Waals surface area (Å²) in [7, 11) is 0. The average molecular weight is 792 g/mol. The number of nitrogens with zero attached hydrogens (tertiary/aromatic N) is 5. The molecule has 0 saturated heterocycles. The zero-order valence-electron chi connectivity index (χ0n) is 33.6. The van der Waals surface area contributed by atoms with Crippen molar-refractivity contribution in [3.8, 4) is 67.8 Å². The van der Waals surface area contributed by atoms with Crippen molar-refractivity contribution in [1.29, 1.82) is 0 Å². The molecule has 62 heavy (non-hydrogen) atoms. The Labute approximate surface area is 358 Å². The molecule has 3 aromatic heterocycles. The Balaban J connectivity index is 1.04. The topological polar surface area (TPSA) is 48.5 Å². The number of para-hydroxylation sites is 3. The zero-order valence-corrected chi connectivity index (χ0v) is 33.6. The first-order valence-corrected chi connectivity index (χ1v) is 20.9. The third-order valence-corrected chi connectivity index (χ3v) is 12.0. The monoisotopic (exact) mass is 791 g/mol. The van der Waals surface area contributed by atoms with E-state index in [2.05, 4.69) is 221 Å². The fourth-order valence-electron chi connectivity index (χ4n) is 9.07.